The number of aliphatic hydroxyl groups is 1. The Morgan fingerprint density at radius 2 is 1.81 bits per heavy atom. The molecule has 0 atom stereocenters. The van der Waals surface area contributed by atoms with E-state index in [-0.39, 0.29) is 25.2 Å². The second-order valence-corrected chi connectivity index (χ2v) is 6.39. The smallest absolute Gasteiger partial charge is 0.150 e. The van der Waals surface area contributed by atoms with Crippen LogP contribution in [0.25, 0.3) is 22.2 Å². The third-order valence-electron chi connectivity index (χ3n) is 4.33. The van der Waals surface area contributed by atoms with Crippen LogP contribution in [0.1, 0.15) is 12.0 Å². The van der Waals surface area contributed by atoms with Crippen molar-refractivity contribution in [2.75, 3.05) is 13.2 Å². The van der Waals surface area contributed by atoms with Crippen LogP contribution in [0.5, 0.6) is 0 Å². The minimum Gasteiger partial charge on any atom is -0.384 e. The molecule has 2 heterocycles. The van der Waals surface area contributed by atoms with Gasteiger partial charge in [0, 0.05) is 17.9 Å². The molecule has 1 fully saturated rings. The van der Waals surface area contributed by atoms with E-state index in [0.29, 0.717) is 22.2 Å². The number of ether oxygens (including phenoxy) is 1. The summed E-state index contributed by atoms with van der Waals surface area (Å²) in [5.41, 5.74) is 0.604. The minimum absolute atomic E-state index is 0.126. The first-order chi connectivity index (χ1) is 12.5. The van der Waals surface area contributed by atoms with Crippen LogP contribution in [-0.4, -0.2) is 28.9 Å². The van der Waals surface area contributed by atoms with Crippen molar-refractivity contribution >= 4 is 10.9 Å². The number of benzene rings is 2. The third kappa shape index (κ3) is 2.96. The maximum Gasteiger partial charge on any atom is 0.150 e. The van der Waals surface area contributed by atoms with Crippen LogP contribution >= 0.6 is 0 Å². The minimum atomic E-state index is -0.981. The summed E-state index contributed by atoms with van der Waals surface area (Å²) in [7, 11) is 0. The molecule has 3 aromatic rings. The van der Waals surface area contributed by atoms with Crippen molar-refractivity contribution in [2.24, 2.45) is 0 Å². The van der Waals surface area contributed by atoms with E-state index < -0.39 is 23.1 Å². The Kier molecular flexibility index (Phi) is 3.98. The lowest BCUT2D eigenvalue weighted by Gasteiger charge is -2.34. The summed E-state index contributed by atoms with van der Waals surface area (Å²) in [6, 6.07) is 7.62. The number of aromatic nitrogens is 1. The van der Waals surface area contributed by atoms with Crippen molar-refractivity contribution in [3.63, 3.8) is 0 Å². The molecule has 2 aromatic carbocycles. The highest BCUT2D eigenvalue weighted by Gasteiger charge is 2.35. The van der Waals surface area contributed by atoms with Gasteiger partial charge in [-0.05, 0) is 35.9 Å². The molecule has 1 saturated heterocycles. The summed E-state index contributed by atoms with van der Waals surface area (Å²) in [5.74, 6) is 3.92. The quantitative estimate of drug-likeness (QED) is 0.686. The fourth-order valence-corrected chi connectivity index (χ4v) is 2.92. The Hall–Kier alpha value is -2.75. The van der Waals surface area contributed by atoms with Crippen LogP contribution in [0.3, 0.4) is 0 Å². The zero-order valence-corrected chi connectivity index (χ0v) is 13.6. The predicted octanol–water partition coefficient (Wildman–Crippen LogP) is 3.76. The highest BCUT2D eigenvalue weighted by Crippen LogP contribution is 2.32. The molecule has 0 aliphatic carbocycles. The molecule has 132 valence electrons. The normalized spacial score (nSPS) is 15.4. The second kappa shape index (κ2) is 6.20. The zero-order chi connectivity index (χ0) is 18.3. The highest BCUT2D eigenvalue weighted by molar-refractivity contribution is 5.94. The Bertz CT molecular complexity index is 1040. The van der Waals surface area contributed by atoms with E-state index in [1.807, 2.05) is 0 Å². The van der Waals surface area contributed by atoms with Gasteiger partial charge in [-0.3, -0.25) is 0 Å². The van der Waals surface area contributed by atoms with Crippen LogP contribution in [-0.2, 0) is 4.74 Å². The number of hydrogen-bond donors (Lipinski definition) is 2. The molecule has 0 spiro atoms. The number of aromatic amines is 1. The van der Waals surface area contributed by atoms with Crippen molar-refractivity contribution in [1.82, 2.24) is 4.98 Å². The third-order valence-corrected chi connectivity index (χ3v) is 4.33. The van der Waals surface area contributed by atoms with E-state index in [4.69, 9.17) is 4.74 Å². The molecule has 3 nitrogen and oxygen atoms in total. The van der Waals surface area contributed by atoms with E-state index >= 15 is 0 Å². The molecule has 0 amide bonds. The first-order valence-corrected chi connectivity index (χ1v) is 8.01. The Morgan fingerprint density at radius 1 is 1.08 bits per heavy atom. The van der Waals surface area contributed by atoms with Gasteiger partial charge in [-0.1, -0.05) is 11.8 Å². The fraction of sp³-hybridized carbons (Fsp3) is 0.200. The van der Waals surface area contributed by atoms with Crippen molar-refractivity contribution < 1.29 is 23.0 Å². The van der Waals surface area contributed by atoms with Crippen LogP contribution < -0.4 is 0 Å². The summed E-state index contributed by atoms with van der Waals surface area (Å²) < 4.78 is 46.1. The number of H-pyrrole nitrogens is 1. The lowest BCUT2D eigenvalue weighted by atomic mass is 9.98. The zero-order valence-electron chi connectivity index (χ0n) is 13.6. The lowest BCUT2D eigenvalue weighted by Crippen LogP contribution is -2.49. The maximum atomic E-state index is 14.2. The second-order valence-electron chi connectivity index (χ2n) is 6.39. The summed E-state index contributed by atoms with van der Waals surface area (Å²) in [5, 5.41) is 10.4. The van der Waals surface area contributed by atoms with Crippen LogP contribution in [0, 0.1) is 29.3 Å². The van der Waals surface area contributed by atoms with Gasteiger partial charge in [-0.25, -0.2) is 13.2 Å². The van der Waals surface area contributed by atoms with Crippen molar-refractivity contribution in [3.05, 3.63) is 59.4 Å². The molecule has 26 heavy (non-hydrogen) atoms. The van der Waals surface area contributed by atoms with Gasteiger partial charge in [-0.2, -0.15) is 0 Å². The predicted molar refractivity (Wildman–Crippen MR) is 90.9 cm³/mol. The molecular weight excluding hydrogens is 343 g/mol. The molecule has 4 rings (SSSR count). The first-order valence-electron chi connectivity index (χ1n) is 8.01. The molecule has 1 aliphatic rings. The molecule has 0 radical (unpaired) electrons. The van der Waals surface area contributed by atoms with Gasteiger partial charge in [0.2, 0.25) is 0 Å². The maximum absolute atomic E-state index is 14.2. The van der Waals surface area contributed by atoms with E-state index in [9.17, 15) is 18.3 Å². The summed E-state index contributed by atoms with van der Waals surface area (Å²) >= 11 is 0. The number of fused-ring (bicyclic) bond motifs is 1. The Morgan fingerprint density at radius 3 is 2.46 bits per heavy atom. The summed E-state index contributed by atoms with van der Waals surface area (Å²) in [6.45, 7) is 0.424. The van der Waals surface area contributed by atoms with Crippen LogP contribution in [0.15, 0.2) is 36.4 Å². The fourth-order valence-electron chi connectivity index (χ4n) is 2.92. The van der Waals surface area contributed by atoms with Gasteiger partial charge < -0.3 is 14.8 Å². The molecule has 6 heteroatoms. The van der Waals surface area contributed by atoms with Gasteiger partial charge in [0.1, 0.15) is 23.1 Å². The van der Waals surface area contributed by atoms with Gasteiger partial charge in [-0.15, -0.1) is 0 Å². The van der Waals surface area contributed by atoms with Gasteiger partial charge in [0.05, 0.1) is 30.0 Å². The molecule has 1 aromatic heterocycles. The molecule has 1 aliphatic heterocycles. The van der Waals surface area contributed by atoms with Crippen molar-refractivity contribution in [2.45, 2.75) is 12.0 Å². The standard InChI is InChI=1S/C20H14F3NO2/c21-13-5-3-12(4-6-13)18-15(2-1-7-20(25)10-26-11-20)16-8-14(22)9-17(23)19(16)24-18/h3-6,8-9,24-25H,7,10-11H2. The Labute approximate surface area is 147 Å². The van der Waals surface area contributed by atoms with Crippen molar-refractivity contribution in [1.29, 1.82) is 0 Å². The molecule has 0 saturated carbocycles. The number of rotatable bonds is 2. The van der Waals surface area contributed by atoms with E-state index in [1.54, 1.807) is 0 Å². The topological polar surface area (TPSA) is 45.2 Å². The first kappa shape index (κ1) is 16.7. The Balaban J connectivity index is 1.85. The van der Waals surface area contributed by atoms with E-state index in [0.717, 1.165) is 6.07 Å². The number of nitrogens with one attached hydrogen (secondary N) is 1. The van der Waals surface area contributed by atoms with Crippen LogP contribution in [0.4, 0.5) is 13.2 Å². The molecular formula is C20H14F3NO2. The van der Waals surface area contributed by atoms with Gasteiger partial charge in [0.15, 0.2) is 0 Å². The average Bonchev–Trinajstić information content (AvgIpc) is 2.93. The SMILES string of the molecule is OC1(CC#Cc2c(-c3ccc(F)cc3)[nH]c3c(F)cc(F)cc23)COC1. The monoisotopic (exact) mass is 357 g/mol. The van der Waals surface area contributed by atoms with Crippen LogP contribution in [0.2, 0.25) is 0 Å². The average molecular weight is 357 g/mol. The number of halogens is 3. The molecule has 0 unspecified atom stereocenters. The number of hydrogen-bond acceptors (Lipinski definition) is 2. The van der Waals surface area contributed by atoms with Crippen molar-refractivity contribution in [3.8, 4) is 23.1 Å². The van der Waals surface area contributed by atoms with Gasteiger partial charge in [0.25, 0.3) is 0 Å². The van der Waals surface area contributed by atoms with E-state index in [2.05, 4.69) is 16.8 Å². The van der Waals surface area contributed by atoms with Gasteiger partial charge >= 0.3 is 0 Å². The lowest BCUT2D eigenvalue weighted by molar-refractivity contribution is -0.174. The largest absolute Gasteiger partial charge is 0.384 e. The highest BCUT2D eigenvalue weighted by atomic mass is 19.1. The summed E-state index contributed by atoms with van der Waals surface area (Å²) in [6.07, 6.45) is 0.181. The molecule has 2 N–H and O–H groups in total. The summed E-state index contributed by atoms with van der Waals surface area (Å²) in [4.78, 5) is 2.92. The van der Waals surface area contributed by atoms with E-state index in [1.165, 1.54) is 30.3 Å². The molecule has 0 bridgehead atoms.